The third-order valence-electron chi connectivity index (χ3n) is 4.05. The van der Waals surface area contributed by atoms with Crippen molar-refractivity contribution in [3.05, 3.63) is 60.2 Å². The van der Waals surface area contributed by atoms with Crippen LogP contribution in [0.5, 0.6) is 11.5 Å². The summed E-state index contributed by atoms with van der Waals surface area (Å²) in [6.45, 7) is -0.114. The van der Waals surface area contributed by atoms with E-state index in [0.29, 0.717) is 18.1 Å². The lowest BCUT2D eigenvalue weighted by molar-refractivity contribution is -0.145. The van der Waals surface area contributed by atoms with E-state index in [1.807, 2.05) is 36.4 Å². The van der Waals surface area contributed by atoms with Crippen LogP contribution in [0.1, 0.15) is 18.4 Å². The van der Waals surface area contributed by atoms with Gasteiger partial charge in [-0.05, 0) is 30.5 Å². The van der Waals surface area contributed by atoms with E-state index >= 15 is 0 Å². The molecule has 0 radical (unpaired) electrons. The SMILES string of the molecule is O=C(O)CN(C(=O)COc1ccccc1OCc1ccccc1)C1CC1. The van der Waals surface area contributed by atoms with E-state index < -0.39 is 5.97 Å². The molecule has 0 saturated heterocycles. The molecule has 0 aliphatic heterocycles. The summed E-state index contributed by atoms with van der Waals surface area (Å²) in [5.41, 5.74) is 1.03. The average Bonchev–Trinajstić information content (AvgIpc) is 3.49. The van der Waals surface area contributed by atoms with Gasteiger partial charge in [0.15, 0.2) is 18.1 Å². The molecular formula is C20H21NO5. The molecule has 0 heterocycles. The highest BCUT2D eigenvalue weighted by molar-refractivity contribution is 5.83. The quantitative estimate of drug-likeness (QED) is 0.748. The first kappa shape index (κ1) is 17.8. The van der Waals surface area contributed by atoms with Crippen LogP contribution in [0.15, 0.2) is 54.6 Å². The summed E-state index contributed by atoms with van der Waals surface area (Å²) in [5.74, 6) is -0.340. The van der Waals surface area contributed by atoms with Gasteiger partial charge in [0, 0.05) is 6.04 Å². The standard InChI is InChI=1S/C20H21NO5/c22-19(21(12-20(23)24)16-10-11-16)14-26-18-9-5-4-8-17(18)25-13-15-6-2-1-3-7-15/h1-9,16H,10-14H2,(H,23,24). The third-order valence-corrected chi connectivity index (χ3v) is 4.05. The van der Waals surface area contributed by atoms with Crippen molar-refractivity contribution in [2.75, 3.05) is 13.2 Å². The molecule has 26 heavy (non-hydrogen) atoms. The molecule has 1 aliphatic rings. The van der Waals surface area contributed by atoms with Crippen LogP contribution >= 0.6 is 0 Å². The second-order valence-corrected chi connectivity index (χ2v) is 6.16. The molecule has 1 fully saturated rings. The van der Waals surface area contributed by atoms with Crippen LogP contribution in [0, 0.1) is 0 Å². The van der Waals surface area contributed by atoms with Gasteiger partial charge in [-0.25, -0.2) is 0 Å². The third kappa shape index (κ3) is 4.99. The van der Waals surface area contributed by atoms with E-state index in [9.17, 15) is 9.59 Å². The van der Waals surface area contributed by atoms with E-state index in [-0.39, 0.29) is 25.1 Å². The van der Waals surface area contributed by atoms with E-state index in [1.165, 1.54) is 4.90 Å². The molecule has 0 atom stereocenters. The number of amides is 1. The average molecular weight is 355 g/mol. The first-order valence-corrected chi connectivity index (χ1v) is 8.53. The molecule has 6 nitrogen and oxygen atoms in total. The van der Waals surface area contributed by atoms with Gasteiger partial charge in [0.1, 0.15) is 13.2 Å². The number of rotatable bonds is 9. The van der Waals surface area contributed by atoms with Gasteiger partial charge in [-0.15, -0.1) is 0 Å². The maximum absolute atomic E-state index is 12.3. The number of ether oxygens (including phenoxy) is 2. The monoisotopic (exact) mass is 355 g/mol. The molecule has 136 valence electrons. The molecular weight excluding hydrogens is 334 g/mol. The fourth-order valence-electron chi connectivity index (χ4n) is 2.60. The molecule has 2 aromatic carbocycles. The summed E-state index contributed by atoms with van der Waals surface area (Å²) in [6.07, 6.45) is 1.69. The van der Waals surface area contributed by atoms with Crippen molar-refractivity contribution in [3.8, 4) is 11.5 Å². The summed E-state index contributed by atoms with van der Waals surface area (Å²) >= 11 is 0. The molecule has 1 N–H and O–H groups in total. The minimum atomic E-state index is -1.02. The molecule has 3 rings (SSSR count). The van der Waals surface area contributed by atoms with Crippen molar-refractivity contribution in [2.45, 2.75) is 25.5 Å². The summed E-state index contributed by atoms with van der Waals surface area (Å²) in [6, 6.07) is 16.9. The van der Waals surface area contributed by atoms with Gasteiger partial charge in [0.05, 0.1) is 0 Å². The van der Waals surface area contributed by atoms with Crippen LogP contribution in [-0.4, -0.2) is 41.1 Å². The predicted octanol–water partition coefficient (Wildman–Crippen LogP) is 2.72. The smallest absolute Gasteiger partial charge is 0.323 e. The van der Waals surface area contributed by atoms with E-state index in [1.54, 1.807) is 18.2 Å². The Balaban J connectivity index is 1.59. The van der Waals surface area contributed by atoms with Gasteiger partial charge < -0.3 is 19.5 Å². The minimum Gasteiger partial charge on any atom is -0.485 e. The van der Waals surface area contributed by atoms with Gasteiger partial charge in [-0.2, -0.15) is 0 Å². The van der Waals surface area contributed by atoms with Gasteiger partial charge in [0.2, 0.25) is 0 Å². The molecule has 2 aromatic rings. The Morgan fingerprint density at radius 1 is 0.962 bits per heavy atom. The molecule has 0 unspecified atom stereocenters. The van der Waals surface area contributed by atoms with Gasteiger partial charge >= 0.3 is 5.97 Å². The number of para-hydroxylation sites is 2. The number of carboxylic acids is 1. The second kappa shape index (κ2) is 8.38. The molecule has 6 heteroatoms. The highest BCUT2D eigenvalue weighted by Crippen LogP contribution is 2.29. The Morgan fingerprint density at radius 3 is 2.19 bits per heavy atom. The summed E-state index contributed by atoms with van der Waals surface area (Å²) in [4.78, 5) is 24.6. The largest absolute Gasteiger partial charge is 0.485 e. The second-order valence-electron chi connectivity index (χ2n) is 6.16. The van der Waals surface area contributed by atoms with Crippen LogP contribution < -0.4 is 9.47 Å². The highest BCUT2D eigenvalue weighted by Gasteiger charge is 2.34. The zero-order chi connectivity index (χ0) is 18.4. The molecule has 1 aliphatic carbocycles. The van der Waals surface area contributed by atoms with Crippen LogP contribution in [0.2, 0.25) is 0 Å². The van der Waals surface area contributed by atoms with Crippen molar-refractivity contribution in [2.24, 2.45) is 0 Å². The minimum absolute atomic E-state index is 0.0202. The van der Waals surface area contributed by atoms with E-state index in [0.717, 1.165) is 18.4 Å². The summed E-state index contributed by atoms with van der Waals surface area (Å²) in [5, 5.41) is 8.96. The van der Waals surface area contributed by atoms with Gasteiger partial charge in [-0.1, -0.05) is 42.5 Å². The number of carboxylic acid groups (broad SMARTS) is 1. The van der Waals surface area contributed by atoms with Crippen molar-refractivity contribution in [3.63, 3.8) is 0 Å². The lowest BCUT2D eigenvalue weighted by atomic mass is 10.2. The first-order valence-electron chi connectivity index (χ1n) is 8.53. The molecule has 1 amide bonds. The maximum Gasteiger partial charge on any atom is 0.323 e. The molecule has 0 aromatic heterocycles. The van der Waals surface area contributed by atoms with Crippen molar-refractivity contribution in [1.29, 1.82) is 0 Å². The Hall–Kier alpha value is -3.02. The number of carbonyl (C=O) groups excluding carboxylic acids is 1. The van der Waals surface area contributed by atoms with Crippen molar-refractivity contribution < 1.29 is 24.2 Å². The van der Waals surface area contributed by atoms with Gasteiger partial charge in [0.25, 0.3) is 5.91 Å². The van der Waals surface area contributed by atoms with E-state index in [4.69, 9.17) is 14.6 Å². The molecule has 1 saturated carbocycles. The maximum atomic E-state index is 12.3. The number of hydrogen-bond acceptors (Lipinski definition) is 4. The van der Waals surface area contributed by atoms with Gasteiger partial charge in [-0.3, -0.25) is 9.59 Å². The lowest BCUT2D eigenvalue weighted by Gasteiger charge is -2.20. The van der Waals surface area contributed by atoms with Crippen molar-refractivity contribution >= 4 is 11.9 Å². The molecule has 0 spiro atoms. The van der Waals surface area contributed by atoms with E-state index in [2.05, 4.69) is 0 Å². The first-order chi connectivity index (χ1) is 12.6. The lowest BCUT2D eigenvalue weighted by Crippen LogP contribution is -2.40. The Kier molecular flexibility index (Phi) is 5.73. The fraction of sp³-hybridized carbons (Fsp3) is 0.300. The Bertz CT molecular complexity index is 758. The van der Waals surface area contributed by atoms with Crippen LogP contribution in [0.25, 0.3) is 0 Å². The Labute approximate surface area is 152 Å². The number of hydrogen-bond donors (Lipinski definition) is 1. The number of carbonyl (C=O) groups is 2. The Morgan fingerprint density at radius 2 is 1.58 bits per heavy atom. The number of nitrogens with zero attached hydrogens (tertiary/aromatic N) is 1. The summed E-state index contributed by atoms with van der Waals surface area (Å²) < 4.78 is 11.4. The molecule has 0 bridgehead atoms. The zero-order valence-electron chi connectivity index (χ0n) is 14.3. The zero-order valence-corrected chi connectivity index (χ0v) is 14.3. The topological polar surface area (TPSA) is 76.1 Å². The van der Waals surface area contributed by atoms with Crippen LogP contribution in [0.3, 0.4) is 0 Å². The fourth-order valence-corrected chi connectivity index (χ4v) is 2.60. The number of benzene rings is 2. The van der Waals surface area contributed by atoms with Crippen LogP contribution in [-0.2, 0) is 16.2 Å². The van der Waals surface area contributed by atoms with Crippen LogP contribution in [0.4, 0.5) is 0 Å². The van der Waals surface area contributed by atoms with Crippen molar-refractivity contribution in [1.82, 2.24) is 4.90 Å². The normalized spacial score (nSPS) is 13.1. The highest BCUT2D eigenvalue weighted by atomic mass is 16.5. The summed E-state index contributed by atoms with van der Waals surface area (Å²) in [7, 11) is 0. The number of aliphatic carboxylic acids is 1. The predicted molar refractivity (Wildman–Crippen MR) is 95.1 cm³/mol.